The van der Waals surface area contributed by atoms with E-state index in [1.54, 1.807) is 48.1 Å². The minimum Gasteiger partial charge on any atom is -0.446 e. The number of anilines is 2. The van der Waals surface area contributed by atoms with E-state index in [4.69, 9.17) is 4.74 Å². The molecule has 4 rings (SSSR count). The van der Waals surface area contributed by atoms with Gasteiger partial charge in [0.05, 0.1) is 48.1 Å². The Morgan fingerprint density at radius 1 is 1.21 bits per heavy atom. The summed E-state index contributed by atoms with van der Waals surface area (Å²) < 4.78 is 31.2. The molecule has 1 saturated heterocycles. The van der Waals surface area contributed by atoms with Gasteiger partial charge in [-0.15, -0.1) is 0 Å². The molecule has 0 spiro atoms. The van der Waals surface area contributed by atoms with Crippen molar-refractivity contribution in [3.63, 3.8) is 0 Å². The first-order valence-corrected chi connectivity index (χ1v) is 12.9. The first-order valence-electron chi connectivity index (χ1n) is 11.1. The van der Waals surface area contributed by atoms with Gasteiger partial charge in [0.2, 0.25) is 5.91 Å². The van der Waals surface area contributed by atoms with Crippen LogP contribution in [0.4, 0.5) is 16.3 Å². The predicted octanol–water partition coefficient (Wildman–Crippen LogP) is 2.80. The van der Waals surface area contributed by atoms with Crippen LogP contribution in [-0.4, -0.2) is 65.4 Å². The van der Waals surface area contributed by atoms with Gasteiger partial charge in [0.15, 0.2) is 15.7 Å². The van der Waals surface area contributed by atoms with Gasteiger partial charge < -0.3 is 4.74 Å². The molecule has 0 saturated carbocycles. The summed E-state index contributed by atoms with van der Waals surface area (Å²) in [7, 11) is -3.06. The zero-order valence-corrected chi connectivity index (χ0v) is 20.1. The van der Waals surface area contributed by atoms with Crippen LogP contribution in [0.2, 0.25) is 0 Å². The van der Waals surface area contributed by atoms with Gasteiger partial charge in [0.25, 0.3) is 0 Å². The maximum Gasteiger partial charge on any atom is 0.414 e. The second kappa shape index (κ2) is 8.77. The van der Waals surface area contributed by atoms with E-state index < -0.39 is 15.9 Å². The fourth-order valence-electron chi connectivity index (χ4n) is 4.43. The molecule has 0 aromatic carbocycles. The first-order chi connectivity index (χ1) is 15.6. The molecule has 0 radical (unpaired) electrons. The van der Waals surface area contributed by atoms with Gasteiger partial charge in [-0.25, -0.2) is 18.2 Å². The normalized spacial score (nSPS) is 22.2. The number of hydrogen-bond donors (Lipinski definition) is 0. The van der Waals surface area contributed by atoms with Crippen LogP contribution in [0.3, 0.4) is 0 Å². The lowest BCUT2D eigenvalue weighted by Crippen LogP contribution is -2.52. The highest BCUT2D eigenvalue weighted by molar-refractivity contribution is 7.91. The maximum absolute atomic E-state index is 12.8. The minimum absolute atomic E-state index is 0.0802. The summed E-state index contributed by atoms with van der Waals surface area (Å²) in [6.45, 7) is 7.17. The standard InChI is InChI=1S/C22H29N5O5S/c1-14(2)32-22(29)25-11-15(3)27(16(4)28)21-20(25)8-17(9-23-21)18-10-24-26(12-18)19-6-5-7-33(30,31)13-19/h8-10,12,14-15,19H,5-7,11,13H2,1-4H3/t15-,19?/m0/s1. The smallest absolute Gasteiger partial charge is 0.414 e. The maximum atomic E-state index is 12.8. The summed E-state index contributed by atoms with van der Waals surface area (Å²) >= 11 is 0. The largest absolute Gasteiger partial charge is 0.446 e. The van der Waals surface area contributed by atoms with Crippen molar-refractivity contribution in [2.24, 2.45) is 0 Å². The quantitative estimate of drug-likeness (QED) is 0.670. The van der Waals surface area contributed by atoms with Crippen LogP contribution in [-0.2, 0) is 19.4 Å². The van der Waals surface area contributed by atoms with E-state index in [0.29, 0.717) is 23.5 Å². The van der Waals surface area contributed by atoms with Crippen LogP contribution in [0, 0.1) is 0 Å². The number of fused-ring (bicyclic) bond motifs is 1. The number of nitrogens with zero attached hydrogens (tertiary/aromatic N) is 5. The summed E-state index contributed by atoms with van der Waals surface area (Å²) in [6, 6.07) is 1.34. The molecule has 2 aromatic rings. The lowest BCUT2D eigenvalue weighted by molar-refractivity contribution is -0.117. The Labute approximate surface area is 193 Å². The Kier molecular flexibility index (Phi) is 6.17. The zero-order valence-electron chi connectivity index (χ0n) is 19.3. The number of pyridine rings is 1. The van der Waals surface area contributed by atoms with Crippen molar-refractivity contribution in [1.82, 2.24) is 14.8 Å². The molecule has 2 atom stereocenters. The highest BCUT2D eigenvalue weighted by atomic mass is 32.2. The monoisotopic (exact) mass is 475 g/mol. The van der Waals surface area contributed by atoms with Crippen molar-refractivity contribution in [2.45, 2.75) is 58.7 Å². The topological polar surface area (TPSA) is 115 Å². The van der Waals surface area contributed by atoms with E-state index in [2.05, 4.69) is 10.1 Å². The average Bonchev–Trinajstić information content (AvgIpc) is 3.21. The summed E-state index contributed by atoms with van der Waals surface area (Å²) in [6.07, 6.45) is 5.69. The Morgan fingerprint density at radius 2 is 1.97 bits per heavy atom. The van der Waals surface area contributed by atoms with Crippen LogP contribution in [0.1, 0.15) is 46.6 Å². The van der Waals surface area contributed by atoms with E-state index in [1.165, 1.54) is 11.8 Å². The molecule has 178 valence electrons. The van der Waals surface area contributed by atoms with Gasteiger partial charge in [0.1, 0.15) is 0 Å². The van der Waals surface area contributed by atoms with E-state index in [-0.39, 0.29) is 42.1 Å². The molecular formula is C22H29N5O5S. The molecule has 2 aromatic heterocycles. The van der Waals surface area contributed by atoms with Crippen molar-refractivity contribution in [3.05, 3.63) is 24.7 Å². The molecule has 2 amide bonds. The van der Waals surface area contributed by atoms with Crippen LogP contribution >= 0.6 is 0 Å². The number of hydrogen-bond acceptors (Lipinski definition) is 7. The SMILES string of the molecule is CC(=O)N1c2ncc(-c3cnn(C4CCCS(=O)(=O)C4)c3)cc2N(C(=O)OC(C)C)C[C@@H]1C. The molecule has 4 heterocycles. The van der Waals surface area contributed by atoms with Crippen molar-refractivity contribution in [1.29, 1.82) is 0 Å². The van der Waals surface area contributed by atoms with Gasteiger partial charge in [0, 0.05) is 30.4 Å². The Hall–Kier alpha value is -2.95. The number of rotatable bonds is 3. The van der Waals surface area contributed by atoms with Gasteiger partial charge in [-0.3, -0.25) is 19.3 Å². The van der Waals surface area contributed by atoms with E-state index >= 15 is 0 Å². The molecule has 2 aliphatic heterocycles. The van der Waals surface area contributed by atoms with Gasteiger partial charge in [-0.1, -0.05) is 0 Å². The molecule has 10 nitrogen and oxygen atoms in total. The Balaban J connectivity index is 1.70. The summed E-state index contributed by atoms with van der Waals surface area (Å²) in [5, 5.41) is 4.40. The lowest BCUT2D eigenvalue weighted by Gasteiger charge is -2.39. The highest BCUT2D eigenvalue weighted by Gasteiger charge is 2.36. The lowest BCUT2D eigenvalue weighted by atomic mass is 10.1. The molecule has 1 fully saturated rings. The second-order valence-electron chi connectivity index (χ2n) is 8.97. The minimum atomic E-state index is -3.06. The second-order valence-corrected chi connectivity index (χ2v) is 11.2. The molecule has 0 bridgehead atoms. The summed E-state index contributed by atoms with van der Waals surface area (Å²) in [4.78, 5) is 32.7. The van der Waals surface area contributed by atoms with Crippen molar-refractivity contribution in [3.8, 4) is 11.1 Å². The van der Waals surface area contributed by atoms with Gasteiger partial charge in [-0.2, -0.15) is 5.10 Å². The summed E-state index contributed by atoms with van der Waals surface area (Å²) in [5.74, 6) is 0.542. The number of ether oxygens (including phenoxy) is 1. The third kappa shape index (κ3) is 4.73. The Bertz CT molecular complexity index is 1180. The summed E-state index contributed by atoms with van der Waals surface area (Å²) in [5.41, 5.74) is 1.94. The molecule has 0 aliphatic carbocycles. The third-order valence-electron chi connectivity index (χ3n) is 5.90. The van der Waals surface area contributed by atoms with Crippen molar-refractivity contribution in [2.75, 3.05) is 27.9 Å². The van der Waals surface area contributed by atoms with Crippen molar-refractivity contribution < 1.29 is 22.7 Å². The van der Waals surface area contributed by atoms with E-state index in [9.17, 15) is 18.0 Å². The molecule has 33 heavy (non-hydrogen) atoms. The fraction of sp³-hybridized carbons (Fsp3) is 0.545. The molecule has 2 aliphatic rings. The van der Waals surface area contributed by atoms with Gasteiger partial charge in [-0.05, 0) is 39.7 Å². The van der Waals surface area contributed by atoms with Crippen LogP contribution in [0.25, 0.3) is 11.1 Å². The predicted molar refractivity (Wildman–Crippen MR) is 124 cm³/mol. The molecule has 0 N–H and O–H groups in total. The molecule has 1 unspecified atom stereocenters. The number of carbonyl (C=O) groups is 2. The third-order valence-corrected chi connectivity index (χ3v) is 7.70. The zero-order chi connectivity index (χ0) is 23.9. The first kappa shape index (κ1) is 23.2. The van der Waals surface area contributed by atoms with E-state index in [0.717, 1.165) is 12.0 Å². The average molecular weight is 476 g/mol. The number of aromatic nitrogens is 3. The number of carbonyl (C=O) groups excluding carboxylic acids is 2. The highest BCUT2D eigenvalue weighted by Crippen LogP contribution is 2.37. The van der Waals surface area contributed by atoms with Crippen LogP contribution in [0.15, 0.2) is 24.7 Å². The van der Waals surface area contributed by atoms with Crippen LogP contribution < -0.4 is 9.80 Å². The fourth-order valence-corrected chi connectivity index (χ4v) is 6.11. The number of sulfone groups is 1. The van der Waals surface area contributed by atoms with Gasteiger partial charge >= 0.3 is 6.09 Å². The van der Waals surface area contributed by atoms with E-state index in [1.807, 2.05) is 6.92 Å². The Morgan fingerprint density at radius 3 is 2.64 bits per heavy atom. The molecule has 11 heteroatoms. The number of amides is 2. The molecular weight excluding hydrogens is 446 g/mol. The van der Waals surface area contributed by atoms with Crippen molar-refractivity contribution >= 4 is 33.3 Å². The van der Waals surface area contributed by atoms with Crippen LogP contribution in [0.5, 0.6) is 0 Å².